The van der Waals surface area contributed by atoms with Gasteiger partial charge in [-0.25, -0.2) is 0 Å². The first-order valence-corrected chi connectivity index (χ1v) is 10.7. The summed E-state index contributed by atoms with van der Waals surface area (Å²) < 4.78 is 11.4. The number of hydrogen-bond acceptors (Lipinski definition) is 4. The molecule has 0 unspecified atom stereocenters. The molecular formula is C23H25ClN2O3. The SMILES string of the molecule is O=C(N1CCCN(c2ccc3c(c2)OCCO3)CC1)C1(c2ccc(Cl)cc2)CC1. The molecule has 0 atom stereocenters. The Morgan fingerprint density at radius 2 is 1.66 bits per heavy atom. The van der Waals surface area contributed by atoms with Gasteiger partial charge in [0.15, 0.2) is 11.5 Å². The number of carbonyl (C=O) groups is 1. The summed E-state index contributed by atoms with van der Waals surface area (Å²) >= 11 is 6.03. The fourth-order valence-corrected chi connectivity index (χ4v) is 4.56. The Labute approximate surface area is 176 Å². The summed E-state index contributed by atoms with van der Waals surface area (Å²) in [4.78, 5) is 17.8. The van der Waals surface area contributed by atoms with E-state index in [4.69, 9.17) is 21.1 Å². The van der Waals surface area contributed by atoms with Crippen molar-refractivity contribution in [2.75, 3.05) is 44.3 Å². The summed E-state index contributed by atoms with van der Waals surface area (Å²) in [6.45, 7) is 4.48. The molecule has 0 N–H and O–H groups in total. The number of nitrogens with zero attached hydrogens (tertiary/aromatic N) is 2. The number of hydrogen-bond donors (Lipinski definition) is 0. The lowest BCUT2D eigenvalue weighted by molar-refractivity contribution is -0.133. The van der Waals surface area contributed by atoms with E-state index in [1.54, 1.807) is 0 Å². The Hall–Kier alpha value is -2.40. The highest BCUT2D eigenvalue weighted by molar-refractivity contribution is 6.30. The molecule has 5 rings (SSSR count). The van der Waals surface area contributed by atoms with Crippen molar-refractivity contribution in [3.8, 4) is 11.5 Å². The van der Waals surface area contributed by atoms with Gasteiger partial charge in [0.05, 0.1) is 5.41 Å². The van der Waals surface area contributed by atoms with Crippen molar-refractivity contribution >= 4 is 23.2 Å². The van der Waals surface area contributed by atoms with Crippen LogP contribution in [0.5, 0.6) is 11.5 Å². The van der Waals surface area contributed by atoms with Gasteiger partial charge in [-0.2, -0.15) is 0 Å². The van der Waals surface area contributed by atoms with Crippen molar-refractivity contribution in [2.45, 2.75) is 24.7 Å². The number of carbonyl (C=O) groups excluding carboxylic acids is 1. The molecule has 152 valence electrons. The highest BCUT2D eigenvalue weighted by Gasteiger charge is 2.53. The molecule has 2 heterocycles. The van der Waals surface area contributed by atoms with Gasteiger partial charge in [-0.3, -0.25) is 4.79 Å². The molecule has 0 bridgehead atoms. The molecule has 2 aromatic rings. The second-order valence-corrected chi connectivity index (χ2v) is 8.49. The van der Waals surface area contributed by atoms with Crippen LogP contribution in [0.25, 0.3) is 0 Å². The molecule has 1 aliphatic carbocycles. The molecule has 29 heavy (non-hydrogen) atoms. The number of rotatable bonds is 3. The predicted molar refractivity (Wildman–Crippen MR) is 113 cm³/mol. The van der Waals surface area contributed by atoms with E-state index in [1.165, 1.54) is 0 Å². The van der Waals surface area contributed by atoms with Gasteiger partial charge >= 0.3 is 0 Å². The van der Waals surface area contributed by atoms with Crippen LogP contribution < -0.4 is 14.4 Å². The molecule has 3 aliphatic rings. The summed E-state index contributed by atoms with van der Waals surface area (Å²) in [5.41, 5.74) is 1.89. The van der Waals surface area contributed by atoms with Crippen molar-refractivity contribution in [1.82, 2.24) is 4.90 Å². The molecule has 0 spiro atoms. The molecule has 5 nitrogen and oxygen atoms in total. The third-order valence-corrected chi connectivity index (χ3v) is 6.48. The van der Waals surface area contributed by atoms with E-state index in [0.717, 1.165) is 68.2 Å². The van der Waals surface area contributed by atoms with E-state index in [0.29, 0.717) is 18.2 Å². The van der Waals surface area contributed by atoms with Crippen molar-refractivity contribution in [1.29, 1.82) is 0 Å². The van der Waals surface area contributed by atoms with Crippen LogP contribution in [0.3, 0.4) is 0 Å². The molecular weight excluding hydrogens is 388 g/mol. The van der Waals surface area contributed by atoms with Gasteiger partial charge in [0, 0.05) is 43.0 Å². The van der Waals surface area contributed by atoms with Gasteiger partial charge in [-0.05, 0) is 49.1 Å². The lowest BCUT2D eigenvalue weighted by atomic mass is 9.94. The third kappa shape index (κ3) is 3.52. The Morgan fingerprint density at radius 3 is 2.41 bits per heavy atom. The van der Waals surface area contributed by atoms with Crippen molar-refractivity contribution in [3.05, 3.63) is 53.1 Å². The van der Waals surface area contributed by atoms with Gasteiger partial charge in [0.2, 0.25) is 5.91 Å². The average molecular weight is 413 g/mol. The smallest absolute Gasteiger partial charge is 0.233 e. The Balaban J connectivity index is 1.29. The maximum absolute atomic E-state index is 13.4. The van der Waals surface area contributed by atoms with E-state index in [-0.39, 0.29) is 11.3 Å². The summed E-state index contributed by atoms with van der Waals surface area (Å²) in [6.07, 6.45) is 2.81. The van der Waals surface area contributed by atoms with Crippen LogP contribution in [0, 0.1) is 0 Å². The standard InChI is InChI=1S/C23H25ClN2O3/c24-18-4-2-17(3-5-18)23(8-9-23)22(27)26-11-1-10-25(12-13-26)19-6-7-20-21(16-19)29-15-14-28-20/h2-7,16H,1,8-15H2. The summed E-state index contributed by atoms with van der Waals surface area (Å²) in [5, 5.41) is 0.710. The molecule has 0 radical (unpaired) electrons. The average Bonchev–Trinajstić information content (AvgIpc) is 3.58. The first-order valence-electron chi connectivity index (χ1n) is 10.4. The lowest BCUT2D eigenvalue weighted by Crippen LogP contribution is -2.41. The Morgan fingerprint density at radius 1 is 0.897 bits per heavy atom. The van der Waals surface area contributed by atoms with E-state index in [2.05, 4.69) is 21.9 Å². The zero-order valence-electron chi connectivity index (χ0n) is 16.4. The van der Waals surface area contributed by atoms with Gasteiger partial charge in [-0.15, -0.1) is 0 Å². The number of halogens is 1. The predicted octanol–water partition coefficient (Wildman–Crippen LogP) is 3.88. The zero-order chi connectivity index (χ0) is 19.8. The largest absolute Gasteiger partial charge is 0.486 e. The maximum atomic E-state index is 13.4. The number of benzene rings is 2. The molecule has 2 aliphatic heterocycles. The highest BCUT2D eigenvalue weighted by atomic mass is 35.5. The quantitative estimate of drug-likeness (QED) is 0.767. The van der Waals surface area contributed by atoms with Crippen LogP contribution in [0.4, 0.5) is 5.69 Å². The van der Waals surface area contributed by atoms with Crippen LogP contribution >= 0.6 is 11.6 Å². The molecule has 0 aromatic heterocycles. The van der Waals surface area contributed by atoms with Gasteiger partial charge in [0.25, 0.3) is 0 Å². The molecule has 2 aromatic carbocycles. The van der Waals surface area contributed by atoms with E-state index in [1.807, 2.05) is 30.3 Å². The summed E-state index contributed by atoms with van der Waals surface area (Å²) in [6, 6.07) is 13.9. The van der Waals surface area contributed by atoms with Gasteiger partial charge < -0.3 is 19.3 Å². The molecule has 2 fully saturated rings. The summed E-state index contributed by atoms with van der Waals surface area (Å²) in [7, 11) is 0. The molecule has 1 saturated heterocycles. The fraction of sp³-hybridized carbons (Fsp3) is 0.435. The van der Waals surface area contributed by atoms with Crippen molar-refractivity contribution in [2.24, 2.45) is 0 Å². The van der Waals surface area contributed by atoms with Gasteiger partial charge in [-0.1, -0.05) is 23.7 Å². The number of amides is 1. The highest BCUT2D eigenvalue weighted by Crippen LogP contribution is 2.50. The van der Waals surface area contributed by atoms with Crippen LogP contribution in [0.2, 0.25) is 5.02 Å². The molecule has 1 saturated carbocycles. The number of fused-ring (bicyclic) bond motifs is 1. The minimum atomic E-state index is -0.337. The van der Waals surface area contributed by atoms with Crippen LogP contribution in [0.1, 0.15) is 24.8 Å². The minimum Gasteiger partial charge on any atom is -0.486 e. The lowest BCUT2D eigenvalue weighted by Gasteiger charge is -2.28. The van der Waals surface area contributed by atoms with E-state index < -0.39 is 0 Å². The van der Waals surface area contributed by atoms with Crippen LogP contribution in [0.15, 0.2) is 42.5 Å². The minimum absolute atomic E-state index is 0.267. The second-order valence-electron chi connectivity index (χ2n) is 8.05. The monoisotopic (exact) mass is 412 g/mol. The normalized spacial score (nSPS) is 20.2. The Kier molecular flexibility index (Phi) is 4.78. The summed E-state index contributed by atoms with van der Waals surface area (Å²) in [5.74, 6) is 1.89. The molecule has 1 amide bonds. The number of ether oxygens (including phenoxy) is 2. The third-order valence-electron chi connectivity index (χ3n) is 6.23. The van der Waals surface area contributed by atoms with Crippen LogP contribution in [-0.2, 0) is 10.2 Å². The van der Waals surface area contributed by atoms with Crippen molar-refractivity contribution in [3.63, 3.8) is 0 Å². The maximum Gasteiger partial charge on any atom is 0.233 e. The van der Waals surface area contributed by atoms with Crippen LogP contribution in [-0.4, -0.2) is 50.2 Å². The first kappa shape index (κ1) is 18.6. The topological polar surface area (TPSA) is 42.0 Å². The van der Waals surface area contributed by atoms with Crippen molar-refractivity contribution < 1.29 is 14.3 Å². The van der Waals surface area contributed by atoms with E-state index in [9.17, 15) is 4.79 Å². The first-order chi connectivity index (χ1) is 14.2. The molecule has 6 heteroatoms. The fourth-order valence-electron chi connectivity index (χ4n) is 4.43. The zero-order valence-corrected chi connectivity index (χ0v) is 17.2. The second kappa shape index (κ2) is 7.45. The Bertz CT molecular complexity index is 911. The van der Waals surface area contributed by atoms with Gasteiger partial charge in [0.1, 0.15) is 13.2 Å². The van der Waals surface area contributed by atoms with E-state index >= 15 is 0 Å². The number of anilines is 1.